The summed E-state index contributed by atoms with van der Waals surface area (Å²) < 4.78 is 1.95. The van der Waals surface area contributed by atoms with Crippen molar-refractivity contribution in [1.82, 2.24) is 19.6 Å². The summed E-state index contributed by atoms with van der Waals surface area (Å²) in [6, 6.07) is 0. The van der Waals surface area contributed by atoms with E-state index in [1.54, 1.807) is 6.20 Å². The van der Waals surface area contributed by atoms with Crippen LogP contribution in [-0.4, -0.2) is 31.1 Å². The Balaban J connectivity index is 2.15. The zero-order valence-electron chi connectivity index (χ0n) is 7.93. The van der Waals surface area contributed by atoms with Crippen molar-refractivity contribution in [2.45, 2.75) is 12.3 Å². The van der Waals surface area contributed by atoms with Crippen LogP contribution in [0.25, 0.3) is 5.65 Å². The summed E-state index contributed by atoms with van der Waals surface area (Å²) in [7, 11) is 0. The number of hydrogen-bond donors (Lipinski definition) is 0. The van der Waals surface area contributed by atoms with Gasteiger partial charge >= 0.3 is 0 Å². The fourth-order valence-electron chi connectivity index (χ4n) is 1.83. The average Bonchev–Trinajstić information content (AvgIpc) is 2.85. The largest absolute Gasteiger partial charge is 0.282 e. The van der Waals surface area contributed by atoms with E-state index in [0.29, 0.717) is 16.7 Å². The number of halogens is 1. The van der Waals surface area contributed by atoms with E-state index in [-0.39, 0.29) is 0 Å². The van der Waals surface area contributed by atoms with Crippen molar-refractivity contribution in [2.75, 3.05) is 11.5 Å². The van der Waals surface area contributed by atoms with Crippen LogP contribution in [0.1, 0.15) is 18.2 Å². The minimum Gasteiger partial charge on any atom is -0.282 e. The molecule has 1 aliphatic heterocycles. The molecule has 3 rings (SSSR count). The SMILES string of the molecule is Clc1nccn2c(C3CCSC3)nnc12. The van der Waals surface area contributed by atoms with Crippen molar-refractivity contribution < 1.29 is 0 Å². The lowest BCUT2D eigenvalue weighted by molar-refractivity contribution is 0.705. The normalized spacial score (nSPS) is 21.3. The standard InChI is InChI=1S/C9H9ClN4S/c10-7-9-13-12-8(6-1-4-15-5-6)14(9)3-2-11-7/h2-3,6H,1,4-5H2. The van der Waals surface area contributed by atoms with Gasteiger partial charge in [0.15, 0.2) is 10.8 Å². The summed E-state index contributed by atoms with van der Waals surface area (Å²) >= 11 is 7.90. The van der Waals surface area contributed by atoms with Crippen LogP contribution in [0.15, 0.2) is 12.4 Å². The van der Waals surface area contributed by atoms with Crippen LogP contribution in [0, 0.1) is 0 Å². The highest BCUT2D eigenvalue weighted by molar-refractivity contribution is 7.99. The molecule has 0 N–H and O–H groups in total. The third-order valence-corrected chi connectivity index (χ3v) is 4.03. The van der Waals surface area contributed by atoms with Crippen LogP contribution in [0.5, 0.6) is 0 Å². The van der Waals surface area contributed by atoms with Gasteiger partial charge < -0.3 is 0 Å². The lowest BCUT2D eigenvalue weighted by Crippen LogP contribution is -2.03. The van der Waals surface area contributed by atoms with Crippen LogP contribution in [0.2, 0.25) is 5.15 Å². The van der Waals surface area contributed by atoms with Gasteiger partial charge in [0, 0.05) is 24.1 Å². The van der Waals surface area contributed by atoms with Crippen molar-refractivity contribution >= 4 is 29.0 Å². The van der Waals surface area contributed by atoms with Gasteiger partial charge in [-0.15, -0.1) is 10.2 Å². The molecule has 6 heteroatoms. The molecule has 0 radical (unpaired) electrons. The maximum Gasteiger partial charge on any atom is 0.198 e. The fourth-order valence-corrected chi connectivity index (χ4v) is 3.23. The molecule has 0 bridgehead atoms. The maximum atomic E-state index is 5.94. The molecule has 4 nitrogen and oxygen atoms in total. The van der Waals surface area contributed by atoms with Crippen LogP contribution in [0.3, 0.4) is 0 Å². The summed E-state index contributed by atoms with van der Waals surface area (Å²) in [5, 5.41) is 8.70. The highest BCUT2D eigenvalue weighted by atomic mass is 35.5. The summed E-state index contributed by atoms with van der Waals surface area (Å²) in [6.07, 6.45) is 4.73. The second-order valence-electron chi connectivity index (χ2n) is 3.53. The molecule has 1 fully saturated rings. The van der Waals surface area contributed by atoms with E-state index in [0.717, 1.165) is 11.6 Å². The quantitative estimate of drug-likeness (QED) is 0.765. The molecule has 1 saturated heterocycles. The molecule has 0 aromatic carbocycles. The zero-order chi connectivity index (χ0) is 10.3. The molecule has 0 aliphatic carbocycles. The summed E-state index contributed by atoms with van der Waals surface area (Å²) in [5.74, 6) is 3.85. The third kappa shape index (κ3) is 1.50. The Labute approximate surface area is 96.1 Å². The molecule has 78 valence electrons. The van der Waals surface area contributed by atoms with Crippen molar-refractivity contribution in [3.63, 3.8) is 0 Å². The van der Waals surface area contributed by atoms with Crippen molar-refractivity contribution in [1.29, 1.82) is 0 Å². The summed E-state index contributed by atoms with van der Waals surface area (Å²) in [5.41, 5.74) is 0.658. The first-order chi connectivity index (χ1) is 7.36. The summed E-state index contributed by atoms with van der Waals surface area (Å²) in [6.45, 7) is 0. The number of fused-ring (bicyclic) bond motifs is 1. The Bertz CT molecular complexity index is 492. The number of rotatable bonds is 1. The third-order valence-electron chi connectivity index (χ3n) is 2.61. The van der Waals surface area contributed by atoms with Crippen molar-refractivity contribution in [2.24, 2.45) is 0 Å². The molecule has 15 heavy (non-hydrogen) atoms. The summed E-state index contributed by atoms with van der Waals surface area (Å²) in [4.78, 5) is 3.98. The van der Waals surface area contributed by atoms with E-state index in [2.05, 4.69) is 15.2 Å². The lowest BCUT2D eigenvalue weighted by atomic mass is 10.1. The lowest BCUT2D eigenvalue weighted by Gasteiger charge is -2.05. The monoisotopic (exact) mass is 240 g/mol. The van der Waals surface area contributed by atoms with Gasteiger partial charge in [0.1, 0.15) is 5.82 Å². The van der Waals surface area contributed by atoms with Crippen molar-refractivity contribution in [3.8, 4) is 0 Å². The molecule has 0 spiro atoms. The first kappa shape index (κ1) is 9.42. The molecular weight excluding hydrogens is 232 g/mol. The number of aromatic nitrogens is 4. The van der Waals surface area contributed by atoms with E-state index in [9.17, 15) is 0 Å². The molecule has 0 saturated carbocycles. The van der Waals surface area contributed by atoms with Gasteiger partial charge in [-0.25, -0.2) is 4.98 Å². The molecule has 1 atom stereocenters. The average molecular weight is 241 g/mol. The molecule has 1 unspecified atom stereocenters. The van der Waals surface area contributed by atoms with E-state index in [4.69, 9.17) is 11.6 Å². The predicted octanol–water partition coefficient (Wildman–Crippen LogP) is 2.00. The highest BCUT2D eigenvalue weighted by Gasteiger charge is 2.23. The van der Waals surface area contributed by atoms with Gasteiger partial charge in [-0.2, -0.15) is 11.8 Å². The van der Waals surface area contributed by atoms with Gasteiger partial charge in [-0.05, 0) is 12.2 Å². The highest BCUT2D eigenvalue weighted by Crippen LogP contribution is 2.31. The van der Waals surface area contributed by atoms with E-state index < -0.39 is 0 Å². The minimum atomic E-state index is 0.418. The van der Waals surface area contributed by atoms with Gasteiger partial charge in [0.25, 0.3) is 0 Å². The first-order valence-electron chi connectivity index (χ1n) is 4.79. The Morgan fingerprint density at radius 1 is 1.47 bits per heavy atom. The van der Waals surface area contributed by atoms with Gasteiger partial charge in [-0.3, -0.25) is 4.40 Å². The molecule has 2 aromatic heterocycles. The van der Waals surface area contributed by atoms with Gasteiger partial charge in [0.2, 0.25) is 0 Å². The van der Waals surface area contributed by atoms with E-state index in [1.807, 2.05) is 22.4 Å². The second kappa shape index (κ2) is 3.64. The smallest absolute Gasteiger partial charge is 0.198 e. The van der Waals surface area contributed by atoms with Crippen LogP contribution in [0.4, 0.5) is 0 Å². The van der Waals surface area contributed by atoms with E-state index in [1.165, 1.54) is 12.2 Å². The molecular formula is C9H9ClN4S. The second-order valence-corrected chi connectivity index (χ2v) is 5.04. The molecule has 3 heterocycles. The first-order valence-corrected chi connectivity index (χ1v) is 6.32. The topological polar surface area (TPSA) is 43.1 Å². The van der Waals surface area contributed by atoms with Gasteiger partial charge in [-0.1, -0.05) is 11.6 Å². The zero-order valence-corrected chi connectivity index (χ0v) is 9.50. The number of nitrogens with zero attached hydrogens (tertiary/aromatic N) is 4. The Morgan fingerprint density at radius 3 is 3.20 bits per heavy atom. The number of hydrogen-bond acceptors (Lipinski definition) is 4. The molecule has 2 aromatic rings. The maximum absolute atomic E-state index is 5.94. The minimum absolute atomic E-state index is 0.418. The van der Waals surface area contributed by atoms with Crippen LogP contribution in [-0.2, 0) is 0 Å². The predicted molar refractivity (Wildman–Crippen MR) is 60.5 cm³/mol. The molecule has 0 amide bonds. The van der Waals surface area contributed by atoms with Crippen LogP contribution >= 0.6 is 23.4 Å². The van der Waals surface area contributed by atoms with Gasteiger partial charge in [0.05, 0.1) is 0 Å². The molecule has 1 aliphatic rings. The Hall–Kier alpha value is -0.810. The number of thioether (sulfide) groups is 1. The fraction of sp³-hybridized carbons (Fsp3) is 0.444. The Morgan fingerprint density at radius 2 is 2.40 bits per heavy atom. The van der Waals surface area contributed by atoms with Crippen molar-refractivity contribution in [3.05, 3.63) is 23.4 Å². The van der Waals surface area contributed by atoms with E-state index >= 15 is 0 Å². The van der Waals surface area contributed by atoms with Crippen LogP contribution < -0.4 is 0 Å². The Kier molecular flexibility index (Phi) is 2.29.